The van der Waals surface area contributed by atoms with Crippen LogP contribution in [0.4, 0.5) is 0 Å². The molecule has 1 atom stereocenters. The molecule has 1 heterocycles. The van der Waals surface area contributed by atoms with Gasteiger partial charge in [-0.1, -0.05) is 41.9 Å². The van der Waals surface area contributed by atoms with Gasteiger partial charge in [0.05, 0.1) is 10.6 Å². The Kier molecular flexibility index (Phi) is 5.83. The third-order valence-corrected chi connectivity index (χ3v) is 3.96. The molecule has 27 heavy (non-hydrogen) atoms. The van der Waals surface area contributed by atoms with Crippen molar-refractivity contribution in [2.24, 2.45) is 0 Å². The fourth-order valence-corrected chi connectivity index (χ4v) is 2.50. The van der Waals surface area contributed by atoms with Crippen LogP contribution in [0.25, 0.3) is 11.5 Å². The molecule has 0 aliphatic rings. The number of esters is 1. The van der Waals surface area contributed by atoms with E-state index in [1.807, 2.05) is 30.3 Å². The van der Waals surface area contributed by atoms with Crippen LogP contribution >= 0.6 is 11.6 Å². The zero-order valence-corrected chi connectivity index (χ0v) is 15.1. The molecule has 2 aromatic carbocycles. The van der Waals surface area contributed by atoms with E-state index >= 15 is 0 Å². The van der Waals surface area contributed by atoms with E-state index in [9.17, 15) is 9.59 Å². The van der Waals surface area contributed by atoms with Gasteiger partial charge in [-0.2, -0.15) is 0 Å². The predicted octanol–water partition coefficient (Wildman–Crippen LogP) is 3.42. The molecule has 7 nitrogen and oxygen atoms in total. The van der Waals surface area contributed by atoms with E-state index in [0.717, 1.165) is 5.56 Å². The summed E-state index contributed by atoms with van der Waals surface area (Å²) in [6.07, 6.45) is -0.750. The summed E-state index contributed by atoms with van der Waals surface area (Å²) in [7, 11) is 0. The quantitative estimate of drug-likeness (QED) is 0.653. The number of hydrogen-bond donors (Lipinski definition) is 1. The number of aromatic nitrogens is 2. The molecule has 3 rings (SSSR count). The molecular formula is C19H16ClN3O4. The van der Waals surface area contributed by atoms with Crippen LogP contribution in [0.1, 0.15) is 29.3 Å². The van der Waals surface area contributed by atoms with Gasteiger partial charge in [0.1, 0.15) is 6.54 Å². The number of carbonyl (C=O) groups is 2. The molecule has 138 valence electrons. The van der Waals surface area contributed by atoms with Gasteiger partial charge in [-0.15, -0.1) is 10.2 Å². The first-order chi connectivity index (χ1) is 13.0. The van der Waals surface area contributed by atoms with Gasteiger partial charge in [0.25, 0.3) is 11.8 Å². The second-order valence-electron chi connectivity index (χ2n) is 5.61. The fraction of sp³-hybridized carbons (Fsp3) is 0.158. The van der Waals surface area contributed by atoms with Gasteiger partial charge in [-0.05, 0) is 31.2 Å². The van der Waals surface area contributed by atoms with Crippen LogP contribution in [0.5, 0.6) is 0 Å². The van der Waals surface area contributed by atoms with Gasteiger partial charge in [-0.25, -0.2) is 0 Å². The van der Waals surface area contributed by atoms with Crippen molar-refractivity contribution in [1.29, 1.82) is 0 Å². The SMILES string of the molecule is C[C@@H](OC(=O)CNC(=O)c1ccccc1Cl)c1nnc(-c2ccccc2)o1. The van der Waals surface area contributed by atoms with Gasteiger partial charge in [0, 0.05) is 5.56 Å². The molecule has 0 radical (unpaired) electrons. The lowest BCUT2D eigenvalue weighted by atomic mass is 10.2. The number of benzene rings is 2. The molecule has 0 fully saturated rings. The third-order valence-electron chi connectivity index (χ3n) is 3.63. The summed E-state index contributed by atoms with van der Waals surface area (Å²) in [5.74, 6) is -0.600. The topological polar surface area (TPSA) is 94.3 Å². The van der Waals surface area contributed by atoms with Crippen molar-refractivity contribution in [2.75, 3.05) is 6.54 Å². The Morgan fingerprint density at radius 2 is 1.81 bits per heavy atom. The Labute approximate surface area is 160 Å². The minimum absolute atomic E-state index is 0.166. The van der Waals surface area contributed by atoms with Crippen LogP contribution in [0.2, 0.25) is 5.02 Å². The normalized spacial score (nSPS) is 11.6. The molecule has 0 saturated heterocycles. The van der Waals surface area contributed by atoms with Crippen LogP contribution in [-0.4, -0.2) is 28.6 Å². The van der Waals surface area contributed by atoms with E-state index in [-0.39, 0.29) is 18.0 Å². The number of ether oxygens (including phenoxy) is 1. The standard InChI is InChI=1S/C19H16ClN3O4/c1-12(18-22-23-19(27-18)13-7-3-2-4-8-13)26-16(24)11-21-17(25)14-9-5-6-10-15(14)20/h2-10,12H,11H2,1H3,(H,21,25)/t12-/m1/s1. The zero-order valence-electron chi connectivity index (χ0n) is 14.4. The Morgan fingerprint density at radius 3 is 2.56 bits per heavy atom. The molecule has 1 aromatic heterocycles. The Balaban J connectivity index is 1.54. The number of halogens is 1. The molecule has 1 amide bonds. The average Bonchev–Trinajstić information content (AvgIpc) is 3.17. The molecule has 0 saturated carbocycles. The van der Waals surface area contributed by atoms with Gasteiger partial charge in [0.2, 0.25) is 5.89 Å². The lowest BCUT2D eigenvalue weighted by Crippen LogP contribution is -2.31. The number of hydrogen-bond acceptors (Lipinski definition) is 6. The van der Waals surface area contributed by atoms with Crippen molar-refractivity contribution >= 4 is 23.5 Å². The second kappa shape index (κ2) is 8.46. The van der Waals surface area contributed by atoms with E-state index in [4.69, 9.17) is 20.8 Å². The highest BCUT2D eigenvalue weighted by Gasteiger charge is 2.19. The summed E-state index contributed by atoms with van der Waals surface area (Å²) in [5, 5.41) is 10.6. The Hall–Kier alpha value is -3.19. The van der Waals surface area contributed by atoms with Crippen LogP contribution in [-0.2, 0) is 9.53 Å². The van der Waals surface area contributed by atoms with Crippen molar-refractivity contribution in [1.82, 2.24) is 15.5 Å². The molecule has 3 aromatic rings. The Morgan fingerprint density at radius 1 is 1.11 bits per heavy atom. The lowest BCUT2D eigenvalue weighted by molar-refractivity contribution is -0.148. The van der Waals surface area contributed by atoms with Crippen LogP contribution < -0.4 is 5.32 Å². The molecule has 0 aliphatic heterocycles. The van der Waals surface area contributed by atoms with Gasteiger partial charge in [0.15, 0.2) is 6.10 Å². The molecule has 0 spiro atoms. The molecule has 0 bridgehead atoms. The molecule has 0 aliphatic carbocycles. The van der Waals surface area contributed by atoms with E-state index in [0.29, 0.717) is 10.9 Å². The number of nitrogens with zero attached hydrogens (tertiary/aromatic N) is 2. The highest BCUT2D eigenvalue weighted by atomic mass is 35.5. The molecule has 0 unspecified atom stereocenters. The van der Waals surface area contributed by atoms with Crippen LogP contribution in [0, 0.1) is 0 Å². The second-order valence-corrected chi connectivity index (χ2v) is 6.01. The van der Waals surface area contributed by atoms with E-state index in [1.165, 1.54) is 0 Å². The zero-order chi connectivity index (χ0) is 19.2. The van der Waals surface area contributed by atoms with E-state index < -0.39 is 18.0 Å². The first-order valence-corrected chi connectivity index (χ1v) is 8.53. The molecule has 8 heteroatoms. The summed E-state index contributed by atoms with van der Waals surface area (Å²) in [6, 6.07) is 15.8. The first kappa shape index (κ1) is 18.6. The minimum Gasteiger partial charge on any atom is -0.451 e. The van der Waals surface area contributed by atoms with Crippen molar-refractivity contribution in [3.05, 3.63) is 71.1 Å². The van der Waals surface area contributed by atoms with Crippen molar-refractivity contribution < 1.29 is 18.7 Å². The average molecular weight is 386 g/mol. The van der Waals surface area contributed by atoms with Gasteiger partial charge >= 0.3 is 5.97 Å². The minimum atomic E-state index is -0.750. The fourth-order valence-electron chi connectivity index (χ4n) is 2.28. The van der Waals surface area contributed by atoms with Crippen LogP contribution in [0.15, 0.2) is 59.0 Å². The van der Waals surface area contributed by atoms with Gasteiger partial charge < -0.3 is 14.5 Å². The maximum atomic E-state index is 12.0. The van der Waals surface area contributed by atoms with Crippen LogP contribution in [0.3, 0.4) is 0 Å². The maximum Gasteiger partial charge on any atom is 0.326 e. The number of rotatable bonds is 6. The van der Waals surface area contributed by atoms with Crippen molar-refractivity contribution in [3.8, 4) is 11.5 Å². The summed E-state index contributed by atoms with van der Waals surface area (Å²) >= 11 is 5.95. The van der Waals surface area contributed by atoms with E-state index in [2.05, 4.69) is 15.5 Å². The van der Waals surface area contributed by atoms with Crippen molar-refractivity contribution in [3.63, 3.8) is 0 Å². The molecular weight excluding hydrogens is 370 g/mol. The summed E-state index contributed by atoms with van der Waals surface area (Å²) in [4.78, 5) is 24.0. The number of carbonyl (C=O) groups excluding carboxylic acids is 2. The number of nitrogens with one attached hydrogen (secondary N) is 1. The third kappa shape index (κ3) is 4.71. The molecule has 1 N–H and O–H groups in total. The summed E-state index contributed by atoms with van der Waals surface area (Å²) < 4.78 is 10.8. The smallest absolute Gasteiger partial charge is 0.326 e. The highest BCUT2D eigenvalue weighted by Crippen LogP contribution is 2.22. The Bertz CT molecular complexity index is 943. The number of amides is 1. The highest BCUT2D eigenvalue weighted by molar-refractivity contribution is 6.33. The summed E-state index contributed by atoms with van der Waals surface area (Å²) in [6.45, 7) is 1.30. The first-order valence-electron chi connectivity index (χ1n) is 8.15. The van der Waals surface area contributed by atoms with Crippen molar-refractivity contribution in [2.45, 2.75) is 13.0 Å². The largest absolute Gasteiger partial charge is 0.451 e. The lowest BCUT2D eigenvalue weighted by Gasteiger charge is -2.10. The summed E-state index contributed by atoms with van der Waals surface area (Å²) in [5.41, 5.74) is 1.05. The van der Waals surface area contributed by atoms with Gasteiger partial charge in [-0.3, -0.25) is 9.59 Å². The van der Waals surface area contributed by atoms with E-state index in [1.54, 1.807) is 31.2 Å². The predicted molar refractivity (Wildman–Crippen MR) is 98.0 cm³/mol. The monoisotopic (exact) mass is 385 g/mol. The maximum absolute atomic E-state index is 12.0.